The fraction of sp³-hybridized carbons (Fsp3) is 0.444. The first kappa shape index (κ1) is 26.3. The zero-order chi connectivity index (χ0) is 27.0. The van der Waals surface area contributed by atoms with Gasteiger partial charge >= 0.3 is 0 Å². The molecular weight excluding hydrogens is 505 g/mol. The van der Waals surface area contributed by atoms with E-state index >= 15 is 4.11 Å². The van der Waals surface area contributed by atoms with Crippen LogP contribution in [0.2, 0.25) is 18.6 Å². The molecule has 9 nitrogen and oxygen atoms in total. The van der Waals surface area contributed by atoms with Crippen LogP contribution in [0.5, 0.6) is 5.75 Å². The maximum atomic E-state index is 15.8. The first-order valence-corrected chi connectivity index (χ1v) is 15.9. The highest BCUT2D eigenvalue weighted by atomic mass is 28.4. The van der Waals surface area contributed by atoms with Gasteiger partial charge in [-0.3, -0.25) is 14.6 Å². The zero-order valence-corrected chi connectivity index (χ0v) is 23.1. The molecule has 2 aromatic heterocycles. The van der Waals surface area contributed by atoms with Crippen molar-refractivity contribution < 1.29 is 18.7 Å². The van der Waals surface area contributed by atoms with Crippen LogP contribution < -0.4 is 10.3 Å². The van der Waals surface area contributed by atoms with Gasteiger partial charge in [0.2, 0.25) is 8.41 Å². The number of aliphatic hydroxyl groups is 1. The van der Waals surface area contributed by atoms with Gasteiger partial charge in [0, 0.05) is 49.9 Å². The second-order valence-corrected chi connectivity index (χ2v) is 14.4. The van der Waals surface area contributed by atoms with Gasteiger partial charge in [0.1, 0.15) is 11.9 Å². The van der Waals surface area contributed by atoms with Gasteiger partial charge < -0.3 is 18.7 Å². The van der Waals surface area contributed by atoms with Gasteiger partial charge in [-0.25, -0.2) is 4.68 Å². The molecule has 11 heteroatoms. The number of methoxy groups -OCH3 is 1. The predicted molar refractivity (Wildman–Crippen MR) is 145 cm³/mol. The van der Waals surface area contributed by atoms with Gasteiger partial charge in [-0.15, -0.1) is 5.10 Å². The van der Waals surface area contributed by atoms with Gasteiger partial charge in [0.15, 0.2) is 0 Å². The van der Waals surface area contributed by atoms with Crippen LogP contribution in [0.1, 0.15) is 30.7 Å². The number of aromatic amines is 1. The van der Waals surface area contributed by atoms with Gasteiger partial charge in [-0.05, 0) is 49.8 Å². The van der Waals surface area contributed by atoms with Crippen LogP contribution in [0, 0.1) is 5.92 Å². The van der Waals surface area contributed by atoms with Crippen LogP contribution in [0.15, 0.2) is 53.5 Å². The summed E-state index contributed by atoms with van der Waals surface area (Å²) in [6.45, 7) is 5.98. The first-order valence-electron chi connectivity index (χ1n) is 12.9. The predicted octanol–water partition coefficient (Wildman–Crippen LogP) is 4.16. The Morgan fingerprint density at radius 2 is 2.05 bits per heavy atom. The van der Waals surface area contributed by atoms with E-state index in [0.717, 1.165) is 11.1 Å². The average molecular weight is 540 g/mol. The highest BCUT2D eigenvalue weighted by Crippen LogP contribution is 2.47. The molecule has 202 valence electrons. The van der Waals surface area contributed by atoms with E-state index in [1.165, 1.54) is 4.68 Å². The van der Waals surface area contributed by atoms with E-state index in [-0.39, 0.29) is 35.8 Å². The topological polar surface area (TPSA) is 107 Å². The number of aliphatic hydroxyl groups excluding tert-OH is 1. The molecule has 0 saturated heterocycles. The molecule has 0 saturated carbocycles. The molecule has 0 bridgehead atoms. The molecule has 4 atom stereocenters. The quantitative estimate of drug-likeness (QED) is 0.244. The highest BCUT2D eigenvalue weighted by Gasteiger charge is 2.47. The summed E-state index contributed by atoms with van der Waals surface area (Å²) in [4.78, 5) is 13.0. The number of H-pyrrole nitrogens is 1. The number of nitrogens with one attached hydrogen (secondary N) is 1. The molecule has 0 radical (unpaired) electrons. The number of fused-ring (bicyclic) bond motifs is 2. The molecule has 0 fully saturated rings. The fourth-order valence-corrected chi connectivity index (χ4v) is 7.56. The summed E-state index contributed by atoms with van der Waals surface area (Å²) in [5, 5.41) is 21.1. The Morgan fingerprint density at radius 3 is 2.76 bits per heavy atom. The van der Waals surface area contributed by atoms with Crippen molar-refractivity contribution in [2.45, 2.75) is 57.2 Å². The van der Waals surface area contributed by atoms with Gasteiger partial charge in [-0.1, -0.05) is 24.3 Å². The summed E-state index contributed by atoms with van der Waals surface area (Å²) < 4.78 is 31.5. The number of nitrogens with zero attached hydrogens (tertiary/aromatic N) is 4. The molecule has 1 aliphatic heterocycles. The zero-order valence-electron chi connectivity index (χ0n) is 22.1. The summed E-state index contributed by atoms with van der Waals surface area (Å²) >= 11 is 0. The maximum Gasteiger partial charge on any atom is 0.279 e. The lowest BCUT2D eigenvalue weighted by molar-refractivity contribution is -0.0242. The molecule has 2 N–H and O–H groups in total. The van der Waals surface area contributed by atoms with Crippen molar-refractivity contribution in [3.8, 4) is 11.4 Å². The second kappa shape index (κ2) is 10.5. The molecule has 38 heavy (non-hydrogen) atoms. The van der Waals surface area contributed by atoms with E-state index in [2.05, 4.69) is 15.4 Å². The molecule has 0 aliphatic carbocycles. The van der Waals surface area contributed by atoms with Crippen LogP contribution in [-0.4, -0.2) is 58.1 Å². The van der Waals surface area contributed by atoms with E-state index in [0.29, 0.717) is 41.9 Å². The number of hydrogen-bond acceptors (Lipinski definition) is 6. The second-order valence-electron chi connectivity index (χ2n) is 10.5. The SMILES string of the molecule is CO[C@H]1c2cc(-n3[nH]c4ccccc4c3=O)ccc2O[C@@H](C(CCn2cc(CCO)nn2)[Si](C)(C)F)[C@@H]1C. The average Bonchev–Trinajstić information content (AvgIpc) is 3.48. The summed E-state index contributed by atoms with van der Waals surface area (Å²) in [6.07, 6.45) is 2.06. The molecule has 1 aliphatic rings. The Kier molecular flexibility index (Phi) is 7.25. The van der Waals surface area contributed by atoms with E-state index in [4.69, 9.17) is 14.6 Å². The third-order valence-electron chi connectivity index (χ3n) is 7.57. The number of para-hydroxylation sites is 1. The lowest BCUT2D eigenvalue weighted by Crippen LogP contribution is -2.46. The standard InChI is InChI=1S/C27H34FN5O4Si/c1-17-25(36-2)21-15-19(33-27(35)20-7-5-6-8-22(20)30-33)9-10-23(21)37-26(17)24(38(3,4)28)11-13-32-16-18(12-14-34)29-31-32/h5-10,15-17,24-26,30,34H,11-14H2,1-4H3/t17-,24?,25-,26-/m1/s1. The number of hydrogen-bond donors (Lipinski definition) is 2. The molecule has 3 heterocycles. The van der Waals surface area contributed by atoms with Gasteiger partial charge in [0.05, 0.1) is 28.4 Å². The minimum absolute atomic E-state index is 0.00756. The van der Waals surface area contributed by atoms with E-state index in [1.807, 2.05) is 43.3 Å². The summed E-state index contributed by atoms with van der Waals surface area (Å²) in [6, 6.07) is 13.0. The number of ether oxygens (including phenoxy) is 2. The first-order chi connectivity index (χ1) is 18.2. The smallest absolute Gasteiger partial charge is 0.279 e. The molecular formula is C27H34FN5O4Si. The van der Waals surface area contributed by atoms with Crippen molar-refractivity contribution in [2.24, 2.45) is 5.92 Å². The van der Waals surface area contributed by atoms with Crippen molar-refractivity contribution in [3.05, 3.63) is 70.3 Å². The Bertz CT molecular complexity index is 1480. The number of rotatable bonds is 9. The number of aromatic nitrogens is 5. The number of aryl methyl sites for hydroxylation is 1. The van der Waals surface area contributed by atoms with Gasteiger partial charge in [-0.2, -0.15) is 0 Å². The third-order valence-corrected chi connectivity index (χ3v) is 9.95. The molecule has 0 amide bonds. The Labute approximate surface area is 221 Å². The minimum atomic E-state index is -3.16. The van der Waals surface area contributed by atoms with Crippen LogP contribution in [0.3, 0.4) is 0 Å². The highest BCUT2D eigenvalue weighted by molar-refractivity contribution is 6.72. The molecule has 5 rings (SSSR count). The van der Waals surface area contributed by atoms with E-state index in [1.54, 1.807) is 37.1 Å². The molecule has 2 aromatic carbocycles. The monoisotopic (exact) mass is 539 g/mol. The van der Waals surface area contributed by atoms with E-state index < -0.39 is 8.41 Å². The fourth-order valence-electron chi connectivity index (χ4n) is 5.59. The van der Waals surface area contributed by atoms with Crippen molar-refractivity contribution in [2.75, 3.05) is 13.7 Å². The summed E-state index contributed by atoms with van der Waals surface area (Å²) in [5.41, 5.74) is 2.55. The maximum absolute atomic E-state index is 15.8. The molecule has 0 spiro atoms. The van der Waals surface area contributed by atoms with Crippen molar-refractivity contribution >= 4 is 19.3 Å². The molecule has 1 unspecified atom stereocenters. The Hall–Kier alpha value is -3.28. The van der Waals surface area contributed by atoms with Gasteiger partial charge in [0.25, 0.3) is 5.56 Å². The van der Waals surface area contributed by atoms with Crippen molar-refractivity contribution in [1.29, 1.82) is 0 Å². The van der Waals surface area contributed by atoms with Crippen LogP contribution in [0.25, 0.3) is 16.6 Å². The minimum Gasteiger partial charge on any atom is -0.490 e. The lowest BCUT2D eigenvalue weighted by Gasteiger charge is -2.43. The van der Waals surface area contributed by atoms with Crippen LogP contribution in [0.4, 0.5) is 4.11 Å². The Morgan fingerprint density at radius 1 is 1.26 bits per heavy atom. The summed E-state index contributed by atoms with van der Waals surface area (Å²) in [5.74, 6) is 0.512. The van der Waals surface area contributed by atoms with E-state index in [9.17, 15) is 4.79 Å². The van der Waals surface area contributed by atoms with Crippen molar-refractivity contribution in [1.82, 2.24) is 24.8 Å². The van der Waals surface area contributed by atoms with Crippen molar-refractivity contribution in [3.63, 3.8) is 0 Å². The van der Waals surface area contributed by atoms with Crippen LogP contribution in [-0.2, 0) is 17.7 Å². The lowest BCUT2D eigenvalue weighted by atomic mass is 9.86. The largest absolute Gasteiger partial charge is 0.490 e. The summed E-state index contributed by atoms with van der Waals surface area (Å²) in [7, 11) is -1.51. The normalized spacial score (nSPS) is 20.3. The molecule has 4 aromatic rings. The number of halogens is 1. The van der Waals surface area contributed by atoms with Crippen LogP contribution >= 0.6 is 0 Å². The number of benzene rings is 2. The Balaban J connectivity index is 1.44. The third kappa shape index (κ3) is 4.93.